The van der Waals surface area contributed by atoms with Gasteiger partial charge >= 0.3 is 0 Å². The number of hydrazine groups is 1. The smallest absolute Gasteiger partial charge is 0.279 e. The zero-order chi connectivity index (χ0) is 20.7. The molecular formula is C21H26N2O5. The Labute approximate surface area is 165 Å². The lowest BCUT2D eigenvalue weighted by atomic mass is 10.1. The topological polar surface area (TPSA) is 85.9 Å². The summed E-state index contributed by atoms with van der Waals surface area (Å²) in [5.41, 5.74) is 6.91. The Morgan fingerprint density at radius 2 is 1.21 bits per heavy atom. The molecule has 0 fully saturated rings. The van der Waals surface area contributed by atoms with Gasteiger partial charge in [0.25, 0.3) is 11.8 Å². The number of carbonyl (C=O) groups is 2. The minimum absolute atomic E-state index is 0.469. The van der Waals surface area contributed by atoms with E-state index in [-0.39, 0.29) is 0 Å². The number of hydrogen-bond acceptors (Lipinski definition) is 5. The van der Waals surface area contributed by atoms with E-state index in [0.29, 0.717) is 17.2 Å². The fourth-order valence-electron chi connectivity index (χ4n) is 2.28. The Balaban J connectivity index is 1.81. The summed E-state index contributed by atoms with van der Waals surface area (Å²) in [7, 11) is 1.57. The molecule has 0 bridgehead atoms. The Kier molecular flexibility index (Phi) is 7.26. The predicted molar refractivity (Wildman–Crippen MR) is 105 cm³/mol. The zero-order valence-electron chi connectivity index (χ0n) is 16.7. The number of amides is 2. The van der Waals surface area contributed by atoms with Crippen LogP contribution in [0.1, 0.15) is 25.0 Å². The largest absolute Gasteiger partial charge is 0.497 e. The highest BCUT2D eigenvalue weighted by Crippen LogP contribution is 2.19. The van der Waals surface area contributed by atoms with Crippen molar-refractivity contribution in [2.24, 2.45) is 0 Å². The number of hydrogen-bond donors (Lipinski definition) is 2. The SMILES string of the molecule is COc1ccc(OC(C)C(=O)NNC(=O)C(C)Oc2ccc(C)c(C)c2)cc1. The molecule has 2 rings (SSSR count). The summed E-state index contributed by atoms with van der Waals surface area (Å²) < 4.78 is 16.2. The van der Waals surface area contributed by atoms with E-state index in [1.165, 1.54) is 0 Å². The van der Waals surface area contributed by atoms with Crippen LogP contribution in [0.15, 0.2) is 42.5 Å². The molecule has 2 aromatic rings. The summed E-state index contributed by atoms with van der Waals surface area (Å²) in [6, 6.07) is 12.4. The molecule has 2 unspecified atom stereocenters. The van der Waals surface area contributed by atoms with E-state index in [4.69, 9.17) is 14.2 Å². The Morgan fingerprint density at radius 3 is 1.71 bits per heavy atom. The fraction of sp³-hybridized carbons (Fsp3) is 0.333. The standard InChI is InChI=1S/C21H26N2O5/c1-13-6-7-19(12-14(13)2)28-16(4)21(25)23-22-20(24)15(3)27-18-10-8-17(26-5)9-11-18/h6-12,15-16H,1-5H3,(H,22,24)(H,23,25). The van der Waals surface area contributed by atoms with Gasteiger partial charge in [0.2, 0.25) is 0 Å². The molecule has 0 spiro atoms. The van der Waals surface area contributed by atoms with Crippen molar-refractivity contribution in [3.63, 3.8) is 0 Å². The molecule has 0 aromatic heterocycles. The maximum Gasteiger partial charge on any atom is 0.279 e. The molecule has 0 saturated carbocycles. The van der Waals surface area contributed by atoms with E-state index in [2.05, 4.69) is 10.9 Å². The first kappa shape index (κ1) is 21.1. The summed E-state index contributed by atoms with van der Waals surface area (Å²) in [6.07, 6.45) is -1.58. The molecule has 0 heterocycles. The molecule has 7 heteroatoms. The summed E-state index contributed by atoms with van der Waals surface area (Å²) in [5.74, 6) is 0.842. The second-order valence-electron chi connectivity index (χ2n) is 6.42. The normalized spacial score (nSPS) is 12.5. The van der Waals surface area contributed by atoms with Crippen molar-refractivity contribution in [3.05, 3.63) is 53.6 Å². The molecule has 28 heavy (non-hydrogen) atoms. The van der Waals surface area contributed by atoms with Crippen molar-refractivity contribution in [1.82, 2.24) is 10.9 Å². The first-order valence-electron chi connectivity index (χ1n) is 8.94. The zero-order valence-corrected chi connectivity index (χ0v) is 16.7. The summed E-state index contributed by atoms with van der Waals surface area (Å²) >= 11 is 0. The number of aryl methyl sites for hydroxylation is 2. The average Bonchev–Trinajstić information content (AvgIpc) is 2.69. The first-order chi connectivity index (χ1) is 13.3. The Morgan fingerprint density at radius 1 is 0.750 bits per heavy atom. The van der Waals surface area contributed by atoms with Gasteiger partial charge < -0.3 is 14.2 Å². The Bertz CT molecular complexity index is 820. The van der Waals surface area contributed by atoms with E-state index in [1.807, 2.05) is 26.0 Å². The maximum atomic E-state index is 12.1. The molecule has 2 amide bonds. The van der Waals surface area contributed by atoms with Crippen molar-refractivity contribution in [2.45, 2.75) is 39.9 Å². The van der Waals surface area contributed by atoms with Gasteiger partial charge in [0, 0.05) is 0 Å². The molecule has 2 N–H and O–H groups in total. The number of rotatable bonds is 7. The highest BCUT2D eigenvalue weighted by Gasteiger charge is 2.19. The molecule has 0 aliphatic heterocycles. The van der Waals surface area contributed by atoms with Gasteiger partial charge in [0.05, 0.1) is 7.11 Å². The third-order valence-corrected chi connectivity index (χ3v) is 4.21. The molecule has 0 saturated heterocycles. The molecule has 2 atom stereocenters. The summed E-state index contributed by atoms with van der Waals surface area (Å²) in [5, 5.41) is 0. The van der Waals surface area contributed by atoms with Gasteiger partial charge in [0.15, 0.2) is 12.2 Å². The molecule has 0 aliphatic carbocycles. The van der Waals surface area contributed by atoms with Gasteiger partial charge in [-0.1, -0.05) is 6.07 Å². The second-order valence-corrected chi connectivity index (χ2v) is 6.42. The maximum absolute atomic E-state index is 12.1. The second kappa shape index (κ2) is 9.64. The van der Waals surface area contributed by atoms with Gasteiger partial charge in [-0.15, -0.1) is 0 Å². The van der Waals surface area contributed by atoms with E-state index in [0.717, 1.165) is 11.1 Å². The van der Waals surface area contributed by atoms with Gasteiger partial charge in [-0.05, 0) is 75.2 Å². The van der Waals surface area contributed by atoms with Crippen LogP contribution >= 0.6 is 0 Å². The molecule has 7 nitrogen and oxygen atoms in total. The van der Waals surface area contributed by atoms with Crippen molar-refractivity contribution in [1.29, 1.82) is 0 Å². The Hall–Kier alpha value is -3.22. The van der Waals surface area contributed by atoms with E-state index in [1.54, 1.807) is 51.3 Å². The number of ether oxygens (including phenoxy) is 3. The number of methoxy groups -OCH3 is 1. The molecule has 150 valence electrons. The predicted octanol–water partition coefficient (Wildman–Crippen LogP) is 2.69. The van der Waals surface area contributed by atoms with Crippen molar-refractivity contribution in [3.8, 4) is 17.2 Å². The van der Waals surface area contributed by atoms with Crippen LogP contribution in [0.2, 0.25) is 0 Å². The lowest BCUT2D eigenvalue weighted by Gasteiger charge is -2.18. The third-order valence-electron chi connectivity index (χ3n) is 4.21. The van der Waals surface area contributed by atoms with E-state index < -0.39 is 24.0 Å². The first-order valence-corrected chi connectivity index (χ1v) is 8.94. The number of benzene rings is 2. The minimum Gasteiger partial charge on any atom is -0.497 e. The van der Waals surface area contributed by atoms with Crippen LogP contribution in [0.5, 0.6) is 17.2 Å². The quantitative estimate of drug-likeness (QED) is 0.715. The van der Waals surface area contributed by atoms with Gasteiger partial charge in [0.1, 0.15) is 17.2 Å². The van der Waals surface area contributed by atoms with Crippen LogP contribution in [-0.2, 0) is 9.59 Å². The van der Waals surface area contributed by atoms with E-state index in [9.17, 15) is 9.59 Å². The van der Waals surface area contributed by atoms with Crippen LogP contribution < -0.4 is 25.1 Å². The van der Waals surface area contributed by atoms with Gasteiger partial charge in [-0.25, -0.2) is 0 Å². The highest BCUT2D eigenvalue weighted by molar-refractivity contribution is 5.86. The summed E-state index contributed by atoms with van der Waals surface area (Å²) in [6.45, 7) is 7.16. The lowest BCUT2D eigenvalue weighted by molar-refractivity contribution is -0.135. The van der Waals surface area contributed by atoms with Crippen molar-refractivity contribution >= 4 is 11.8 Å². The molecule has 2 aromatic carbocycles. The highest BCUT2D eigenvalue weighted by atomic mass is 16.5. The minimum atomic E-state index is -0.801. The third kappa shape index (κ3) is 5.90. The molecular weight excluding hydrogens is 360 g/mol. The molecule has 0 radical (unpaired) electrons. The fourth-order valence-corrected chi connectivity index (χ4v) is 2.28. The average molecular weight is 386 g/mol. The monoisotopic (exact) mass is 386 g/mol. The van der Waals surface area contributed by atoms with Crippen LogP contribution in [0.3, 0.4) is 0 Å². The lowest BCUT2D eigenvalue weighted by Crippen LogP contribution is -2.50. The van der Waals surface area contributed by atoms with E-state index >= 15 is 0 Å². The van der Waals surface area contributed by atoms with Crippen LogP contribution in [0.4, 0.5) is 0 Å². The van der Waals surface area contributed by atoms with Crippen LogP contribution in [-0.4, -0.2) is 31.1 Å². The van der Waals surface area contributed by atoms with Crippen molar-refractivity contribution in [2.75, 3.05) is 7.11 Å². The van der Waals surface area contributed by atoms with Crippen LogP contribution in [0.25, 0.3) is 0 Å². The van der Waals surface area contributed by atoms with Gasteiger partial charge in [-0.3, -0.25) is 20.4 Å². The molecule has 0 aliphatic rings. The van der Waals surface area contributed by atoms with Crippen molar-refractivity contribution < 1.29 is 23.8 Å². The van der Waals surface area contributed by atoms with Gasteiger partial charge in [-0.2, -0.15) is 0 Å². The number of nitrogens with one attached hydrogen (secondary N) is 2. The van der Waals surface area contributed by atoms with Crippen LogP contribution in [0, 0.1) is 13.8 Å². The number of carbonyl (C=O) groups excluding carboxylic acids is 2. The summed E-state index contributed by atoms with van der Waals surface area (Å²) in [4.78, 5) is 24.3.